The van der Waals surface area contributed by atoms with Gasteiger partial charge in [-0.1, -0.05) is 22.4 Å². The molecule has 0 aliphatic heterocycles. The average molecular weight is 324 g/mol. The van der Waals surface area contributed by atoms with Crippen molar-refractivity contribution in [2.24, 2.45) is 23.5 Å². The van der Waals surface area contributed by atoms with Gasteiger partial charge in [0.15, 0.2) is 0 Å². The van der Waals surface area contributed by atoms with Crippen LogP contribution in [-0.2, 0) is 0 Å². The Bertz CT molecular complexity index is 460. The maximum Gasteiger partial charge on any atom is 0.124 e. The average Bonchev–Trinajstić information content (AvgIpc) is 2.99. The van der Waals surface area contributed by atoms with E-state index in [0.29, 0.717) is 0 Å². The molecule has 0 aromatic heterocycles. The molecule has 4 unspecified atom stereocenters. The standard InChI is InChI=1S/C16H22BrNO/c1-10(18)15-8-14(17)4-5-16(15)19-9-13-7-11-2-3-12(13)6-11/h4-5,8,10-13H,2-3,6-7,9,18H2,1H3. The molecule has 19 heavy (non-hydrogen) atoms. The van der Waals surface area contributed by atoms with Gasteiger partial charge in [-0.3, -0.25) is 0 Å². The molecule has 104 valence electrons. The van der Waals surface area contributed by atoms with Crippen molar-refractivity contribution in [2.45, 2.75) is 38.6 Å². The van der Waals surface area contributed by atoms with E-state index in [0.717, 1.165) is 40.1 Å². The van der Waals surface area contributed by atoms with Gasteiger partial charge >= 0.3 is 0 Å². The second-order valence-electron chi connectivity index (χ2n) is 6.22. The maximum absolute atomic E-state index is 6.09. The van der Waals surface area contributed by atoms with E-state index in [2.05, 4.69) is 22.0 Å². The topological polar surface area (TPSA) is 35.2 Å². The van der Waals surface area contributed by atoms with Crippen LogP contribution in [0.25, 0.3) is 0 Å². The summed E-state index contributed by atoms with van der Waals surface area (Å²) in [5.74, 6) is 3.62. The molecule has 2 fully saturated rings. The molecule has 1 aromatic rings. The first-order valence-corrected chi connectivity index (χ1v) is 8.10. The molecular formula is C16H22BrNO. The van der Waals surface area contributed by atoms with Crippen molar-refractivity contribution in [3.8, 4) is 5.75 Å². The molecule has 2 saturated carbocycles. The minimum absolute atomic E-state index is 0.00697. The van der Waals surface area contributed by atoms with Crippen molar-refractivity contribution in [3.63, 3.8) is 0 Å². The van der Waals surface area contributed by atoms with Crippen LogP contribution in [0, 0.1) is 17.8 Å². The SMILES string of the molecule is CC(N)c1cc(Br)ccc1OCC1CC2CCC1C2. The number of halogens is 1. The molecule has 4 atom stereocenters. The number of hydrogen-bond donors (Lipinski definition) is 1. The number of benzene rings is 1. The smallest absolute Gasteiger partial charge is 0.124 e. The molecule has 3 heteroatoms. The summed E-state index contributed by atoms with van der Waals surface area (Å²) in [4.78, 5) is 0. The molecule has 3 rings (SSSR count). The Morgan fingerprint density at radius 1 is 1.37 bits per heavy atom. The molecule has 0 heterocycles. The van der Waals surface area contributed by atoms with Gasteiger partial charge in [-0.2, -0.15) is 0 Å². The highest BCUT2D eigenvalue weighted by Gasteiger charge is 2.39. The zero-order valence-electron chi connectivity index (χ0n) is 11.4. The van der Waals surface area contributed by atoms with Gasteiger partial charge in [-0.05, 0) is 62.1 Å². The molecule has 2 aliphatic rings. The van der Waals surface area contributed by atoms with E-state index >= 15 is 0 Å². The van der Waals surface area contributed by atoms with E-state index in [1.54, 1.807) is 0 Å². The van der Waals surface area contributed by atoms with E-state index in [1.807, 2.05) is 19.1 Å². The van der Waals surface area contributed by atoms with Gasteiger partial charge in [-0.15, -0.1) is 0 Å². The summed E-state index contributed by atoms with van der Waals surface area (Å²) >= 11 is 3.50. The third-order valence-electron chi connectivity index (χ3n) is 4.80. The Labute approximate surface area is 123 Å². The van der Waals surface area contributed by atoms with Crippen molar-refractivity contribution in [1.29, 1.82) is 0 Å². The van der Waals surface area contributed by atoms with Gasteiger partial charge in [0.05, 0.1) is 6.61 Å². The van der Waals surface area contributed by atoms with Crippen LogP contribution in [-0.4, -0.2) is 6.61 Å². The second-order valence-corrected chi connectivity index (χ2v) is 7.13. The van der Waals surface area contributed by atoms with Gasteiger partial charge in [0.1, 0.15) is 5.75 Å². The lowest BCUT2D eigenvalue weighted by molar-refractivity contribution is 0.193. The largest absolute Gasteiger partial charge is 0.493 e. The van der Waals surface area contributed by atoms with Crippen LogP contribution in [0.2, 0.25) is 0 Å². The summed E-state index contributed by atoms with van der Waals surface area (Å²) in [6.45, 7) is 2.87. The normalized spacial score (nSPS) is 30.6. The third-order valence-corrected chi connectivity index (χ3v) is 5.29. The summed E-state index contributed by atoms with van der Waals surface area (Å²) in [5.41, 5.74) is 7.12. The molecular weight excluding hydrogens is 302 g/mol. The molecule has 0 amide bonds. The molecule has 0 radical (unpaired) electrons. The van der Waals surface area contributed by atoms with E-state index < -0.39 is 0 Å². The quantitative estimate of drug-likeness (QED) is 0.897. The van der Waals surface area contributed by atoms with Crippen LogP contribution < -0.4 is 10.5 Å². The van der Waals surface area contributed by atoms with Crippen molar-refractivity contribution in [2.75, 3.05) is 6.61 Å². The summed E-state index contributed by atoms with van der Waals surface area (Å²) in [6, 6.07) is 6.14. The van der Waals surface area contributed by atoms with E-state index in [1.165, 1.54) is 25.7 Å². The number of nitrogens with two attached hydrogens (primary N) is 1. The molecule has 2 aliphatic carbocycles. The Balaban J connectivity index is 1.66. The minimum atomic E-state index is 0.00697. The fraction of sp³-hybridized carbons (Fsp3) is 0.625. The number of hydrogen-bond acceptors (Lipinski definition) is 2. The molecule has 2 nitrogen and oxygen atoms in total. The lowest BCUT2D eigenvalue weighted by Gasteiger charge is -2.23. The Morgan fingerprint density at radius 2 is 2.21 bits per heavy atom. The third kappa shape index (κ3) is 2.82. The summed E-state index contributed by atoms with van der Waals surface area (Å²) < 4.78 is 7.15. The van der Waals surface area contributed by atoms with Crippen LogP contribution in [0.1, 0.15) is 44.2 Å². The highest BCUT2D eigenvalue weighted by Crippen LogP contribution is 2.48. The van der Waals surface area contributed by atoms with Crippen LogP contribution >= 0.6 is 15.9 Å². The van der Waals surface area contributed by atoms with Crippen LogP contribution in [0.5, 0.6) is 5.75 Å². The minimum Gasteiger partial charge on any atom is -0.493 e. The first-order valence-electron chi connectivity index (χ1n) is 7.31. The molecule has 2 N–H and O–H groups in total. The first kappa shape index (κ1) is 13.4. The van der Waals surface area contributed by atoms with Crippen LogP contribution in [0.3, 0.4) is 0 Å². The zero-order chi connectivity index (χ0) is 13.4. The highest BCUT2D eigenvalue weighted by atomic mass is 79.9. The predicted molar refractivity (Wildman–Crippen MR) is 81.2 cm³/mol. The van der Waals surface area contributed by atoms with E-state index in [4.69, 9.17) is 10.5 Å². The van der Waals surface area contributed by atoms with Gasteiger partial charge < -0.3 is 10.5 Å². The predicted octanol–water partition coefficient (Wildman–Crippen LogP) is 4.28. The molecule has 1 aromatic carbocycles. The molecule has 2 bridgehead atoms. The summed E-state index contributed by atoms with van der Waals surface area (Å²) in [6.07, 6.45) is 5.67. The van der Waals surface area contributed by atoms with Crippen molar-refractivity contribution in [3.05, 3.63) is 28.2 Å². The van der Waals surface area contributed by atoms with Crippen LogP contribution in [0.4, 0.5) is 0 Å². The van der Waals surface area contributed by atoms with E-state index in [-0.39, 0.29) is 6.04 Å². The maximum atomic E-state index is 6.09. The van der Waals surface area contributed by atoms with E-state index in [9.17, 15) is 0 Å². The summed E-state index contributed by atoms with van der Waals surface area (Å²) in [5, 5.41) is 0. The summed E-state index contributed by atoms with van der Waals surface area (Å²) in [7, 11) is 0. The fourth-order valence-electron chi connectivity index (χ4n) is 3.78. The van der Waals surface area contributed by atoms with Gasteiger partial charge in [0, 0.05) is 16.1 Å². The van der Waals surface area contributed by atoms with Crippen molar-refractivity contribution in [1.82, 2.24) is 0 Å². The van der Waals surface area contributed by atoms with Gasteiger partial charge in [0.2, 0.25) is 0 Å². The lowest BCUT2D eigenvalue weighted by Crippen LogP contribution is -2.19. The van der Waals surface area contributed by atoms with Crippen molar-refractivity contribution >= 4 is 15.9 Å². The molecule has 0 spiro atoms. The number of rotatable bonds is 4. The number of ether oxygens (including phenoxy) is 1. The zero-order valence-corrected chi connectivity index (χ0v) is 13.0. The van der Waals surface area contributed by atoms with Gasteiger partial charge in [-0.25, -0.2) is 0 Å². The Hall–Kier alpha value is -0.540. The van der Waals surface area contributed by atoms with Crippen molar-refractivity contribution < 1.29 is 4.74 Å². The first-order chi connectivity index (χ1) is 9.13. The van der Waals surface area contributed by atoms with Crippen LogP contribution in [0.15, 0.2) is 22.7 Å². The monoisotopic (exact) mass is 323 g/mol. The fourth-order valence-corrected chi connectivity index (χ4v) is 4.16. The lowest BCUT2D eigenvalue weighted by atomic mass is 9.89. The number of fused-ring (bicyclic) bond motifs is 2. The Kier molecular flexibility index (Phi) is 3.86. The van der Waals surface area contributed by atoms with Gasteiger partial charge in [0.25, 0.3) is 0 Å². The Morgan fingerprint density at radius 3 is 2.84 bits per heavy atom. The molecule has 0 saturated heterocycles. The highest BCUT2D eigenvalue weighted by molar-refractivity contribution is 9.10. The second kappa shape index (κ2) is 5.45.